The molecule has 0 spiro atoms. The Bertz CT molecular complexity index is 129. The van der Waals surface area contributed by atoms with E-state index in [4.69, 9.17) is 0 Å². The van der Waals surface area contributed by atoms with Crippen LogP contribution >= 0.6 is 0 Å². The van der Waals surface area contributed by atoms with E-state index >= 15 is 0 Å². The van der Waals surface area contributed by atoms with E-state index in [9.17, 15) is 0 Å². The summed E-state index contributed by atoms with van der Waals surface area (Å²) in [7, 11) is 2.24. The molecule has 0 N–H and O–H groups in total. The van der Waals surface area contributed by atoms with Crippen molar-refractivity contribution in [1.29, 1.82) is 0 Å². The van der Waals surface area contributed by atoms with E-state index < -0.39 is 0 Å². The van der Waals surface area contributed by atoms with E-state index in [2.05, 4.69) is 25.8 Å². The molecule has 0 radical (unpaired) electrons. The largest absolute Gasteiger partial charge is 0.305 e. The number of rotatable bonds is 0. The van der Waals surface area contributed by atoms with Crippen LogP contribution < -0.4 is 0 Å². The molecule has 1 heteroatoms. The van der Waals surface area contributed by atoms with Gasteiger partial charge in [-0.25, -0.2) is 0 Å². The van der Waals surface area contributed by atoms with Crippen LogP contribution in [0.25, 0.3) is 0 Å². The molecule has 2 saturated heterocycles. The summed E-state index contributed by atoms with van der Waals surface area (Å²) in [6.07, 6.45) is 2.93. The molecule has 3 rings (SSSR count). The summed E-state index contributed by atoms with van der Waals surface area (Å²) >= 11 is 0. The Hall–Kier alpha value is -0.0400. The first-order valence-corrected chi connectivity index (χ1v) is 4.20. The van der Waals surface area contributed by atoms with Crippen molar-refractivity contribution in [2.45, 2.75) is 26.7 Å². The summed E-state index contributed by atoms with van der Waals surface area (Å²) in [5.41, 5.74) is 1.36. The molecule has 2 aliphatic heterocycles. The molecule has 3 fully saturated rings. The number of nitrogens with zero attached hydrogens (tertiary/aromatic N) is 1. The molecule has 0 amide bonds. The van der Waals surface area contributed by atoms with Crippen LogP contribution in [0.1, 0.15) is 26.7 Å². The Morgan fingerprint density at radius 3 is 1.70 bits per heavy atom. The number of piperidine rings is 2. The molecular weight excluding hydrogens is 122 g/mol. The van der Waals surface area contributed by atoms with Crippen LogP contribution in [0, 0.1) is 10.8 Å². The van der Waals surface area contributed by atoms with Gasteiger partial charge in [-0.1, -0.05) is 13.8 Å². The van der Waals surface area contributed by atoms with E-state index in [-0.39, 0.29) is 0 Å². The Morgan fingerprint density at radius 1 is 1.00 bits per heavy atom. The first-order chi connectivity index (χ1) is 4.52. The Labute approximate surface area is 63.4 Å². The average Bonchev–Trinajstić information content (AvgIpc) is 1.53. The molecule has 0 atom stereocenters. The van der Waals surface area contributed by atoms with E-state index in [1.807, 2.05) is 0 Å². The maximum atomic E-state index is 2.48. The highest BCUT2D eigenvalue weighted by atomic mass is 15.1. The minimum absolute atomic E-state index is 0.682. The van der Waals surface area contributed by atoms with E-state index in [0.717, 1.165) is 0 Å². The second-order valence-corrected chi connectivity index (χ2v) is 5.15. The highest BCUT2D eigenvalue weighted by Crippen LogP contribution is 2.57. The predicted octanol–water partition coefficient (Wildman–Crippen LogP) is 1.74. The topological polar surface area (TPSA) is 3.24 Å². The number of fused-ring (bicyclic) bond motifs is 2. The first-order valence-electron chi connectivity index (χ1n) is 4.20. The lowest BCUT2D eigenvalue weighted by Crippen LogP contribution is -2.59. The summed E-state index contributed by atoms with van der Waals surface area (Å²) in [5.74, 6) is 0. The van der Waals surface area contributed by atoms with Crippen LogP contribution in [0.15, 0.2) is 0 Å². The van der Waals surface area contributed by atoms with Gasteiger partial charge in [0.1, 0.15) is 0 Å². The van der Waals surface area contributed by atoms with Crippen LogP contribution in [0.3, 0.4) is 0 Å². The zero-order valence-corrected chi connectivity index (χ0v) is 7.28. The standard InChI is InChI=1S/C9H17N/c1-8-4-9(2,5-8)7-10(3)6-8/h4-7H2,1-3H3. The maximum Gasteiger partial charge on any atom is 0.00329 e. The van der Waals surface area contributed by atoms with Gasteiger partial charge in [0.25, 0.3) is 0 Å². The van der Waals surface area contributed by atoms with Crippen molar-refractivity contribution in [1.82, 2.24) is 4.90 Å². The third kappa shape index (κ3) is 0.800. The van der Waals surface area contributed by atoms with E-state index in [1.165, 1.54) is 25.9 Å². The molecule has 58 valence electrons. The molecule has 1 nitrogen and oxygen atoms in total. The fraction of sp³-hybridized carbons (Fsp3) is 1.00. The summed E-state index contributed by atoms with van der Waals surface area (Å²) in [6, 6.07) is 0. The highest BCUT2D eigenvalue weighted by Gasteiger charge is 2.53. The highest BCUT2D eigenvalue weighted by molar-refractivity contribution is 5.05. The van der Waals surface area contributed by atoms with Gasteiger partial charge in [-0.2, -0.15) is 0 Å². The third-order valence-electron chi connectivity index (χ3n) is 3.01. The smallest absolute Gasteiger partial charge is 0.00329 e. The van der Waals surface area contributed by atoms with Crippen LogP contribution in [-0.2, 0) is 0 Å². The SMILES string of the molecule is CN1CC2(C)CC(C)(C1)C2. The van der Waals surface area contributed by atoms with Crippen molar-refractivity contribution < 1.29 is 0 Å². The molecule has 2 bridgehead atoms. The van der Waals surface area contributed by atoms with Gasteiger partial charge in [0, 0.05) is 13.1 Å². The number of hydrogen-bond donors (Lipinski definition) is 0. The van der Waals surface area contributed by atoms with Gasteiger partial charge in [0.2, 0.25) is 0 Å². The summed E-state index contributed by atoms with van der Waals surface area (Å²) < 4.78 is 0. The first kappa shape index (κ1) is 6.66. The molecule has 0 aromatic heterocycles. The molecule has 10 heavy (non-hydrogen) atoms. The average molecular weight is 139 g/mol. The second-order valence-electron chi connectivity index (χ2n) is 5.15. The zero-order chi connectivity index (χ0) is 7.41. The molecule has 2 heterocycles. The van der Waals surface area contributed by atoms with Gasteiger partial charge in [-0.05, 0) is 30.7 Å². The van der Waals surface area contributed by atoms with E-state index in [1.54, 1.807) is 0 Å². The molecule has 0 unspecified atom stereocenters. The normalized spacial score (nSPS) is 54.3. The fourth-order valence-corrected chi connectivity index (χ4v) is 3.59. The van der Waals surface area contributed by atoms with Gasteiger partial charge >= 0.3 is 0 Å². The Morgan fingerprint density at radius 2 is 1.40 bits per heavy atom. The maximum absolute atomic E-state index is 2.48. The van der Waals surface area contributed by atoms with Crippen molar-refractivity contribution in [2.75, 3.05) is 20.1 Å². The third-order valence-corrected chi connectivity index (χ3v) is 3.01. The lowest BCUT2D eigenvalue weighted by atomic mass is 9.51. The van der Waals surface area contributed by atoms with Crippen LogP contribution in [-0.4, -0.2) is 25.0 Å². The van der Waals surface area contributed by atoms with Gasteiger partial charge < -0.3 is 4.90 Å². The lowest BCUT2D eigenvalue weighted by molar-refractivity contribution is -0.104. The van der Waals surface area contributed by atoms with Crippen LogP contribution in [0.5, 0.6) is 0 Å². The quantitative estimate of drug-likeness (QED) is 0.494. The van der Waals surface area contributed by atoms with Gasteiger partial charge in [-0.3, -0.25) is 0 Å². The molecule has 3 aliphatic rings. The van der Waals surface area contributed by atoms with Crippen molar-refractivity contribution in [3.8, 4) is 0 Å². The molecular formula is C9H17N. The van der Waals surface area contributed by atoms with Crippen molar-refractivity contribution in [3.63, 3.8) is 0 Å². The second kappa shape index (κ2) is 1.58. The monoisotopic (exact) mass is 139 g/mol. The van der Waals surface area contributed by atoms with Gasteiger partial charge in [-0.15, -0.1) is 0 Å². The molecule has 0 aromatic carbocycles. The lowest BCUT2D eigenvalue weighted by Gasteiger charge is -2.61. The van der Waals surface area contributed by atoms with Crippen molar-refractivity contribution >= 4 is 0 Å². The van der Waals surface area contributed by atoms with Crippen molar-refractivity contribution in [3.05, 3.63) is 0 Å². The Balaban J connectivity index is 2.13. The Kier molecular flexibility index (Phi) is 1.05. The van der Waals surface area contributed by atoms with Crippen molar-refractivity contribution in [2.24, 2.45) is 10.8 Å². The van der Waals surface area contributed by atoms with Crippen LogP contribution in [0.2, 0.25) is 0 Å². The number of hydrogen-bond acceptors (Lipinski definition) is 1. The summed E-state index contributed by atoms with van der Waals surface area (Å²) in [5, 5.41) is 0. The molecule has 1 saturated carbocycles. The molecule has 1 aliphatic carbocycles. The zero-order valence-electron chi connectivity index (χ0n) is 7.28. The molecule has 0 aromatic rings. The minimum atomic E-state index is 0.682. The fourth-order valence-electron chi connectivity index (χ4n) is 3.59. The van der Waals surface area contributed by atoms with Crippen LogP contribution in [0.4, 0.5) is 0 Å². The van der Waals surface area contributed by atoms with E-state index in [0.29, 0.717) is 10.8 Å². The van der Waals surface area contributed by atoms with Gasteiger partial charge in [0.05, 0.1) is 0 Å². The van der Waals surface area contributed by atoms with Gasteiger partial charge in [0.15, 0.2) is 0 Å². The summed E-state index contributed by atoms with van der Waals surface area (Å²) in [6.45, 7) is 7.49. The predicted molar refractivity (Wildman–Crippen MR) is 42.9 cm³/mol. The summed E-state index contributed by atoms with van der Waals surface area (Å²) in [4.78, 5) is 2.48. The minimum Gasteiger partial charge on any atom is -0.305 e.